The number of hydrogen-bond donors (Lipinski definition) is 3. The number of aliphatic hydroxyl groups excluding tert-OH is 1. The molecule has 0 bridgehead atoms. The molecule has 0 amide bonds. The van der Waals surface area contributed by atoms with Gasteiger partial charge >= 0.3 is 0 Å². The van der Waals surface area contributed by atoms with Crippen molar-refractivity contribution in [3.8, 4) is 0 Å². The molecule has 4 N–H and O–H groups in total. The van der Waals surface area contributed by atoms with Crippen molar-refractivity contribution in [2.45, 2.75) is 32.2 Å². The van der Waals surface area contributed by atoms with Crippen LogP contribution in [-0.4, -0.2) is 31.2 Å². The lowest BCUT2D eigenvalue weighted by molar-refractivity contribution is 0.124. The molecule has 1 saturated carbocycles. The minimum Gasteiger partial charge on any atom is -0.396 e. The molecule has 7 nitrogen and oxygen atoms in total. The van der Waals surface area contributed by atoms with Crippen LogP contribution >= 0.6 is 0 Å². The molecule has 2 heterocycles. The first kappa shape index (κ1) is 13.1. The summed E-state index contributed by atoms with van der Waals surface area (Å²) in [6.07, 6.45) is 6.14. The molecule has 7 heteroatoms. The summed E-state index contributed by atoms with van der Waals surface area (Å²) in [5.41, 5.74) is 6.12. The highest BCUT2D eigenvalue weighted by Gasteiger charge is 2.25. The Hall–Kier alpha value is -1.89. The number of nitrogens with two attached hydrogens (primary N) is 1. The molecule has 20 heavy (non-hydrogen) atoms. The van der Waals surface area contributed by atoms with Gasteiger partial charge in [0.25, 0.3) is 5.56 Å². The van der Waals surface area contributed by atoms with Gasteiger partial charge in [-0.15, -0.1) is 0 Å². The number of aliphatic hydroxyl groups is 1. The van der Waals surface area contributed by atoms with Crippen molar-refractivity contribution in [1.82, 2.24) is 19.5 Å². The van der Waals surface area contributed by atoms with Crippen LogP contribution < -0.4 is 11.3 Å². The van der Waals surface area contributed by atoms with E-state index in [9.17, 15) is 9.90 Å². The third kappa shape index (κ3) is 2.29. The molecule has 0 aliphatic heterocycles. The number of hydrogen-bond acceptors (Lipinski definition) is 5. The van der Waals surface area contributed by atoms with Crippen LogP contribution in [0, 0.1) is 11.8 Å². The zero-order valence-electron chi connectivity index (χ0n) is 11.2. The van der Waals surface area contributed by atoms with E-state index in [4.69, 9.17) is 5.73 Å². The number of fused-ring (bicyclic) bond motifs is 1. The Kier molecular flexibility index (Phi) is 3.43. The van der Waals surface area contributed by atoms with Crippen molar-refractivity contribution in [2.75, 3.05) is 12.3 Å². The number of H-pyrrole nitrogens is 1. The van der Waals surface area contributed by atoms with Crippen LogP contribution in [0.5, 0.6) is 0 Å². The van der Waals surface area contributed by atoms with Gasteiger partial charge in [-0.05, 0) is 24.7 Å². The third-order valence-corrected chi connectivity index (χ3v) is 4.23. The van der Waals surface area contributed by atoms with Gasteiger partial charge in [-0.1, -0.05) is 12.8 Å². The second kappa shape index (κ2) is 5.24. The Morgan fingerprint density at radius 3 is 2.90 bits per heavy atom. The smallest absolute Gasteiger partial charge is 0.280 e. The molecule has 3 rings (SSSR count). The van der Waals surface area contributed by atoms with Crippen molar-refractivity contribution < 1.29 is 5.11 Å². The summed E-state index contributed by atoms with van der Waals surface area (Å²) in [6.45, 7) is 0.936. The van der Waals surface area contributed by atoms with E-state index >= 15 is 0 Å². The van der Waals surface area contributed by atoms with Crippen molar-refractivity contribution in [2.24, 2.45) is 11.8 Å². The summed E-state index contributed by atoms with van der Waals surface area (Å²) in [7, 11) is 0. The lowest BCUT2D eigenvalue weighted by Crippen LogP contribution is -2.26. The fourth-order valence-corrected chi connectivity index (χ4v) is 3.12. The van der Waals surface area contributed by atoms with E-state index < -0.39 is 0 Å². The Balaban J connectivity index is 1.92. The fourth-order valence-electron chi connectivity index (χ4n) is 3.12. The van der Waals surface area contributed by atoms with E-state index in [1.54, 1.807) is 6.33 Å². The van der Waals surface area contributed by atoms with Gasteiger partial charge < -0.3 is 15.4 Å². The zero-order chi connectivity index (χ0) is 14.1. The van der Waals surface area contributed by atoms with Crippen molar-refractivity contribution >= 4 is 17.1 Å². The van der Waals surface area contributed by atoms with Gasteiger partial charge in [0, 0.05) is 13.2 Å². The summed E-state index contributed by atoms with van der Waals surface area (Å²) in [6, 6.07) is 0. The molecule has 1 aliphatic rings. The largest absolute Gasteiger partial charge is 0.396 e. The van der Waals surface area contributed by atoms with E-state index in [1.165, 1.54) is 12.8 Å². The molecule has 0 saturated heterocycles. The molecule has 2 aromatic heterocycles. The van der Waals surface area contributed by atoms with Crippen LogP contribution in [-0.2, 0) is 6.54 Å². The topological polar surface area (TPSA) is 110 Å². The SMILES string of the molecule is Nc1nc2c(ncn2C[C@H]2CCCC[C@H]2CO)c(=O)[nH]1. The van der Waals surface area contributed by atoms with Crippen molar-refractivity contribution in [3.63, 3.8) is 0 Å². The lowest BCUT2D eigenvalue weighted by Gasteiger charge is -2.30. The van der Waals surface area contributed by atoms with Gasteiger partial charge in [0.05, 0.1) is 6.33 Å². The first-order chi connectivity index (χ1) is 9.69. The quantitative estimate of drug-likeness (QED) is 0.756. The molecule has 2 atom stereocenters. The van der Waals surface area contributed by atoms with Crippen LogP contribution in [0.4, 0.5) is 5.95 Å². The zero-order valence-corrected chi connectivity index (χ0v) is 11.2. The monoisotopic (exact) mass is 277 g/mol. The van der Waals surface area contributed by atoms with Gasteiger partial charge in [0.2, 0.25) is 5.95 Å². The molecule has 1 fully saturated rings. The number of aromatic nitrogens is 4. The molecule has 0 radical (unpaired) electrons. The van der Waals surface area contributed by atoms with Gasteiger partial charge in [0.15, 0.2) is 11.2 Å². The second-order valence-electron chi connectivity index (χ2n) is 5.51. The minimum absolute atomic E-state index is 0.103. The molecular formula is C13H19N5O2. The summed E-state index contributed by atoms with van der Waals surface area (Å²) < 4.78 is 1.87. The van der Waals surface area contributed by atoms with Crippen molar-refractivity contribution in [1.29, 1.82) is 0 Å². The average Bonchev–Trinajstić information content (AvgIpc) is 2.83. The highest BCUT2D eigenvalue weighted by molar-refractivity contribution is 5.70. The van der Waals surface area contributed by atoms with Gasteiger partial charge in [-0.25, -0.2) is 4.98 Å². The number of rotatable bonds is 3. The maximum absolute atomic E-state index is 11.7. The second-order valence-corrected chi connectivity index (χ2v) is 5.51. The number of imidazole rings is 1. The Morgan fingerprint density at radius 1 is 1.40 bits per heavy atom. The fraction of sp³-hybridized carbons (Fsp3) is 0.615. The number of nitrogen functional groups attached to an aromatic ring is 1. The van der Waals surface area contributed by atoms with Crippen LogP contribution in [0.25, 0.3) is 11.2 Å². The molecular weight excluding hydrogens is 258 g/mol. The maximum Gasteiger partial charge on any atom is 0.280 e. The summed E-state index contributed by atoms with van der Waals surface area (Å²) >= 11 is 0. The maximum atomic E-state index is 11.7. The van der Waals surface area contributed by atoms with Crippen LogP contribution in [0.1, 0.15) is 25.7 Å². The highest BCUT2D eigenvalue weighted by atomic mass is 16.3. The van der Waals surface area contributed by atoms with E-state index in [2.05, 4.69) is 15.0 Å². The van der Waals surface area contributed by atoms with Crippen LogP contribution in [0.15, 0.2) is 11.1 Å². The average molecular weight is 277 g/mol. The summed E-state index contributed by atoms with van der Waals surface area (Å²) in [5, 5.41) is 9.48. The molecule has 0 unspecified atom stereocenters. The van der Waals surface area contributed by atoms with Crippen LogP contribution in [0.2, 0.25) is 0 Å². The Labute approximate surface area is 115 Å². The highest BCUT2D eigenvalue weighted by Crippen LogP contribution is 2.31. The summed E-state index contributed by atoms with van der Waals surface area (Å²) in [4.78, 5) is 22.5. The number of aromatic amines is 1. The van der Waals surface area contributed by atoms with E-state index in [0.29, 0.717) is 23.0 Å². The van der Waals surface area contributed by atoms with E-state index in [1.807, 2.05) is 4.57 Å². The lowest BCUT2D eigenvalue weighted by atomic mass is 9.79. The number of nitrogens with zero attached hydrogens (tertiary/aromatic N) is 3. The Morgan fingerprint density at radius 2 is 2.15 bits per heavy atom. The Bertz CT molecular complexity index is 662. The molecule has 0 aromatic carbocycles. The van der Waals surface area contributed by atoms with Gasteiger partial charge in [0.1, 0.15) is 0 Å². The standard InChI is InChI=1S/C13H19N5O2/c14-13-16-11-10(12(20)17-13)15-7-18(11)5-8-3-1-2-4-9(8)6-19/h7-9,19H,1-6H2,(H3,14,16,17,20)/t8-,9+/m1/s1. The van der Waals surface area contributed by atoms with Gasteiger partial charge in [-0.3, -0.25) is 9.78 Å². The summed E-state index contributed by atoms with van der Waals surface area (Å²) in [5.74, 6) is 0.820. The molecule has 108 valence electrons. The predicted molar refractivity (Wildman–Crippen MR) is 75.1 cm³/mol. The number of nitrogens with one attached hydrogen (secondary N) is 1. The van der Waals surface area contributed by atoms with Crippen molar-refractivity contribution in [3.05, 3.63) is 16.7 Å². The molecule has 1 aliphatic carbocycles. The third-order valence-electron chi connectivity index (χ3n) is 4.23. The van der Waals surface area contributed by atoms with E-state index in [0.717, 1.165) is 19.4 Å². The minimum atomic E-state index is -0.311. The normalized spacial score (nSPS) is 23.2. The first-order valence-corrected chi connectivity index (χ1v) is 7.00. The molecule has 0 spiro atoms. The van der Waals surface area contributed by atoms with E-state index in [-0.39, 0.29) is 18.1 Å². The molecule has 2 aromatic rings. The first-order valence-electron chi connectivity index (χ1n) is 7.00. The number of anilines is 1. The van der Waals surface area contributed by atoms with Crippen LogP contribution in [0.3, 0.4) is 0 Å². The predicted octanol–water partition coefficient (Wildman–Crippen LogP) is 0.500. The van der Waals surface area contributed by atoms with Gasteiger partial charge in [-0.2, -0.15) is 4.98 Å².